The monoisotopic (exact) mass is 405 g/mol. The molecule has 2 aromatic rings. The summed E-state index contributed by atoms with van der Waals surface area (Å²) in [6, 6.07) is 9.16. The summed E-state index contributed by atoms with van der Waals surface area (Å²) in [4.78, 5) is 23.6. The van der Waals surface area contributed by atoms with Gasteiger partial charge in [0.2, 0.25) is 15.7 Å². The van der Waals surface area contributed by atoms with E-state index in [1.807, 2.05) is 6.92 Å². The molecule has 0 aliphatic heterocycles. The van der Waals surface area contributed by atoms with Crippen molar-refractivity contribution in [2.75, 3.05) is 6.61 Å². The van der Waals surface area contributed by atoms with E-state index in [9.17, 15) is 23.1 Å². The first-order valence-corrected chi connectivity index (χ1v) is 10.2. The molecule has 0 unspecified atom stereocenters. The Bertz CT molecular complexity index is 967. The lowest BCUT2D eigenvalue weighted by Gasteiger charge is -2.18. The zero-order valence-electron chi connectivity index (χ0n) is 15.9. The predicted octanol–water partition coefficient (Wildman–Crippen LogP) is 2.14. The molecule has 7 nitrogen and oxygen atoms in total. The van der Waals surface area contributed by atoms with Gasteiger partial charge in [0.25, 0.3) is 0 Å². The molecular formula is C20H23NO6S. The molecule has 0 aliphatic rings. The molecule has 0 bridgehead atoms. The summed E-state index contributed by atoms with van der Waals surface area (Å²) in [5.41, 5.74) is 1.19. The van der Waals surface area contributed by atoms with E-state index < -0.39 is 27.8 Å². The summed E-state index contributed by atoms with van der Waals surface area (Å²) in [5, 5.41) is 12.3. The number of sulfone groups is 1. The minimum Gasteiger partial charge on any atom is -0.508 e. The highest BCUT2D eigenvalue weighted by atomic mass is 32.2. The highest BCUT2D eigenvalue weighted by Gasteiger charge is 2.27. The molecule has 0 radical (unpaired) electrons. The van der Waals surface area contributed by atoms with Crippen molar-refractivity contribution in [3.63, 3.8) is 0 Å². The topological polar surface area (TPSA) is 110 Å². The third kappa shape index (κ3) is 5.10. The fourth-order valence-electron chi connectivity index (χ4n) is 2.71. The zero-order chi connectivity index (χ0) is 20.9. The maximum Gasteiger partial charge on any atom is 0.328 e. The van der Waals surface area contributed by atoms with Crippen molar-refractivity contribution in [3.05, 3.63) is 53.6 Å². The molecule has 0 aromatic heterocycles. The van der Waals surface area contributed by atoms with Crippen molar-refractivity contribution in [1.82, 2.24) is 5.32 Å². The standard InChI is InChI=1S/C20H23NO6S/c1-4-27-20(24)18(21-14(3)22)11-15-7-8-16(23)12-19(15)28(25,26)17-9-5-13(2)6-10-17/h5-10,12,18,23H,4,11H2,1-3H3,(H,21,22)/t18-/m0/s1. The van der Waals surface area contributed by atoms with E-state index in [0.29, 0.717) is 0 Å². The molecule has 0 fully saturated rings. The maximum atomic E-state index is 13.1. The second-order valence-electron chi connectivity index (χ2n) is 6.32. The molecule has 0 spiro atoms. The lowest BCUT2D eigenvalue weighted by atomic mass is 10.1. The van der Waals surface area contributed by atoms with Crippen LogP contribution in [0.2, 0.25) is 0 Å². The van der Waals surface area contributed by atoms with Crippen LogP contribution < -0.4 is 5.32 Å². The van der Waals surface area contributed by atoms with Gasteiger partial charge in [0, 0.05) is 13.3 Å². The summed E-state index contributed by atoms with van der Waals surface area (Å²) in [6.07, 6.45) is -0.0981. The second kappa shape index (κ2) is 8.88. The lowest BCUT2D eigenvalue weighted by molar-refractivity contribution is -0.147. The largest absolute Gasteiger partial charge is 0.508 e. The summed E-state index contributed by atoms with van der Waals surface area (Å²) in [7, 11) is -3.95. The number of hydrogen-bond donors (Lipinski definition) is 2. The number of phenolic OH excluding ortho intramolecular Hbond substituents is 1. The van der Waals surface area contributed by atoms with E-state index in [1.165, 1.54) is 31.2 Å². The molecule has 0 saturated heterocycles. The number of carbonyl (C=O) groups is 2. The predicted molar refractivity (Wildman–Crippen MR) is 103 cm³/mol. The van der Waals surface area contributed by atoms with Crippen LogP contribution >= 0.6 is 0 Å². The van der Waals surface area contributed by atoms with Crippen LogP contribution in [0.1, 0.15) is 25.0 Å². The average molecular weight is 405 g/mol. The fraction of sp³-hybridized carbons (Fsp3) is 0.300. The number of aromatic hydroxyl groups is 1. The van der Waals surface area contributed by atoms with E-state index >= 15 is 0 Å². The van der Waals surface area contributed by atoms with Crippen molar-refractivity contribution in [2.45, 2.75) is 43.0 Å². The van der Waals surface area contributed by atoms with Gasteiger partial charge in [-0.15, -0.1) is 0 Å². The number of ether oxygens (including phenoxy) is 1. The number of amides is 1. The first kappa shape index (κ1) is 21.4. The Labute approximate surface area is 164 Å². The normalized spacial score (nSPS) is 12.2. The van der Waals surface area contributed by atoms with Gasteiger partial charge in [-0.2, -0.15) is 0 Å². The lowest BCUT2D eigenvalue weighted by Crippen LogP contribution is -2.42. The molecule has 2 rings (SSSR count). The van der Waals surface area contributed by atoms with Crippen molar-refractivity contribution in [1.29, 1.82) is 0 Å². The number of hydrogen-bond acceptors (Lipinski definition) is 6. The van der Waals surface area contributed by atoms with Crippen molar-refractivity contribution >= 4 is 21.7 Å². The average Bonchev–Trinajstić information content (AvgIpc) is 2.62. The van der Waals surface area contributed by atoms with Gasteiger partial charge in [0.15, 0.2) is 0 Å². The molecule has 2 aromatic carbocycles. The van der Waals surface area contributed by atoms with Gasteiger partial charge < -0.3 is 15.2 Å². The molecule has 28 heavy (non-hydrogen) atoms. The van der Waals surface area contributed by atoms with E-state index in [1.54, 1.807) is 19.1 Å². The number of esters is 1. The van der Waals surface area contributed by atoms with E-state index in [0.717, 1.165) is 11.6 Å². The molecule has 1 amide bonds. The van der Waals surface area contributed by atoms with E-state index in [-0.39, 0.29) is 34.1 Å². The van der Waals surface area contributed by atoms with Crippen LogP contribution in [0.15, 0.2) is 52.3 Å². The van der Waals surface area contributed by atoms with Gasteiger partial charge in [0.1, 0.15) is 11.8 Å². The molecule has 0 heterocycles. The van der Waals surface area contributed by atoms with Crippen LogP contribution in [0.3, 0.4) is 0 Å². The van der Waals surface area contributed by atoms with Crippen LogP contribution in [0.4, 0.5) is 0 Å². The highest BCUT2D eigenvalue weighted by Crippen LogP contribution is 2.28. The summed E-state index contributed by atoms with van der Waals surface area (Å²) in [5.74, 6) is -1.33. The number of nitrogens with one attached hydrogen (secondary N) is 1. The molecule has 8 heteroatoms. The van der Waals surface area contributed by atoms with Gasteiger partial charge in [-0.05, 0) is 43.7 Å². The zero-order valence-corrected chi connectivity index (χ0v) is 16.7. The van der Waals surface area contributed by atoms with Gasteiger partial charge in [-0.3, -0.25) is 4.79 Å². The van der Waals surface area contributed by atoms with Crippen LogP contribution in [0, 0.1) is 6.92 Å². The van der Waals surface area contributed by atoms with Crippen LogP contribution in [0.25, 0.3) is 0 Å². The molecule has 150 valence electrons. The third-order valence-corrected chi connectivity index (χ3v) is 5.90. The molecule has 0 saturated carbocycles. The third-order valence-electron chi connectivity index (χ3n) is 4.04. The minimum absolute atomic E-state index is 0.0668. The van der Waals surface area contributed by atoms with E-state index in [4.69, 9.17) is 4.74 Å². The fourth-order valence-corrected chi connectivity index (χ4v) is 4.23. The first-order chi connectivity index (χ1) is 13.1. The van der Waals surface area contributed by atoms with Gasteiger partial charge in [0.05, 0.1) is 16.4 Å². The van der Waals surface area contributed by atoms with E-state index in [2.05, 4.69) is 5.32 Å². The number of rotatable bonds is 7. The first-order valence-electron chi connectivity index (χ1n) is 8.72. The Hall–Kier alpha value is -2.87. The molecule has 0 aliphatic carbocycles. The molecular weight excluding hydrogens is 382 g/mol. The molecule has 1 atom stereocenters. The van der Waals surface area contributed by atoms with Crippen molar-refractivity contribution in [2.24, 2.45) is 0 Å². The number of aryl methyl sites for hydroxylation is 1. The Morgan fingerprint density at radius 2 is 1.79 bits per heavy atom. The second-order valence-corrected chi connectivity index (χ2v) is 8.24. The van der Waals surface area contributed by atoms with Gasteiger partial charge >= 0.3 is 5.97 Å². The summed E-state index contributed by atoms with van der Waals surface area (Å²) in [6.45, 7) is 4.86. The maximum absolute atomic E-state index is 13.1. The Balaban J connectivity index is 2.49. The summed E-state index contributed by atoms with van der Waals surface area (Å²) < 4.78 is 31.2. The Morgan fingerprint density at radius 3 is 2.36 bits per heavy atom. The van der Waals surface area contributed by atoms with Gasteiger partial charge in [-0.25, -0.2) is 13.2 Å². The smallest absolute Gasteiger partial charge is 0.328 e. The summed E-state index contributed by atoms with van der Waals surface area (Å²) >= 11 is 0. The van der Waals surface area contributed by atoms with Gasteiger partial charge in [-0.1, -0.05) is 23.8 Å². The highest BCUT2D eigenvalue weighted by molar-refractivity contribution is 7.91. The van der Waals surface area contributed by atoms with Crippen molar-refractivity contribution < 1.29 is 27.9 Å². The minimum atomic E-state index is -3.95. The Kier molecular flexibility index (Phi) is 6.80. The van der Waals surface area contributed by atoms with Crippen molar-refractivity contribution in [3.8, 4) is 5.75 Å². The quantitative estimate of drug-likeness (QED) is 0.683. The van der Waals surface area contributed by atoms with Crippen LogP contribution in [0.5, 0.6) is 5.75 Å². The SMILES string of the molecule is CCOC(=O)[C@H](Cc1ccc(O)cc1S(=O)(=O)c1ccc(C)cc1)NC(C)=O. The number of benzene rings is 2. The number of carbonyl (C=O) groups excluding carboxylic acids is 2. The molecule has 2 N–H and O–H groups in total. The Morgan fingerprint density at radius 1 is 1.14 bits per heavy atom. The van der Waals surface area contributed by atoms with Crippen LogP contribution in [-0.4, -0.2) is 38.0 Å². The number of phenols is 1. The van der Waals surface area contributed by atoms with Crippen LogP contribution in [-0.2, 0) is 30.6 Å².